The molecule has 0 aliphatic rings. The van der Waals surface area contributed by atoms with E-state index in [1.807, 2.05) is 6.92 Å². The summed E-state index contributed by atoms with van der Waals surface area (Å²) in [5, 5.41) is 14.1. The number of hydrogen-bond donors (Lipinski definition) is 3. The van der Waals surface area contributed by atoms with Gasteiger partial charge < -0.3 is 15.7 Å². The Balaban J connectivity index is 2.51. The summed E-state index contributed by atoms with van der Waals surface area (Å²) in [4.78, 5) is 23.1. The van der Waals surface area contributed by atoms with Crippen molar-refractivity contribution in [3.05, 3.63) is 29.6 Å². The minimum atomic E-state index is -0.890. The summed E-state index contributed by atoms with van der Waals surface area (Å²) in [7, 11) is 0. The molecule has 110 valence electrons. The van der Waals surface area contributed by atoms with Crippen molar-refractivity contribution in [3.8, 4) is 0 Å². The quantitative estimate of drug-likeness (QED) is 0.713. The van der Waals surface area contributed by atoms with Crippen LogP contribution in [0.25, 0.3) is 0 Å². The lowest BCUT2D eigenvalue weighted by molar-refractivity contribution is -0.136. The smallest absolute Gasteiger partial charge is 0.313 e. The minimum absolute atomic E-state index is 0.0161. The Morgan fingerprint density at radius 2 is 2.00 bits per heavy atom. The first kappa shape index (κ1) is 16.1. The SMILES string of the molecule is CCCC(O)CNC(=O)C(=O)Nc1cc(C)cc(F)c1. The molecule has 0 aromatic heterocycles. The third kappa shape index (κ3) is 5.36. The molecule has 20 heavy (non-hydrogen) atoms. The monoisotopic (exact) mass is 282 g/mol. The number of anilines is 1. The van der Waals surface area contributed by atoms with Crippen molar-refractivity contribution in [2.24, 2.45) is 0 Å². The Bertz CT molecular complexity index is 471. The van der Waals surface area contributed by atoms with E-state index in [-0.39, 0.29) is 12.2 Å². The molecule has 5 nitrogen and oxygen atoms in total. The lowest BCUT2D eigenvalue weighted by atomic mass is 10.2. The molecule has 1 atom stereocenters. The molecule has 3 N–H and O–H groups in total. The van der Waals surface area contributed by atoms with Crippen molar-refractivity contribution >= 4 is 17.5 Å². The molecule has 1 aromatic carbocycles. The highest BCUT2D eigenvalue weighted by molar-refractivity contribution is 6.39. The molecule has 0 aliphatic carbocycles. The van der Waals surface area contributed by atoms with Crippen LogP contribution in [0, 0.1) is 12.7 Å². The van der Waals surface area contributed by atoms with Gasteiger partial charge in [0.2, 0.25) is 0 Å². The van der Waals surface area contributed by atoms with E-state index >= 15 is 0 Å². The maximum absolute atomic E-state index is 13.1. The molecule has 1 unspecified atom stereocenters. The average molecular weight is 282 g/mol. The molecule has 0 saturated carbocycles. The standard InChI is InChI=1S/C14H19FN2O3/c1-3-4-12(18)8-16-13(19)14(20)17-11-6-9(2)5-10(15)7-11/h5-7,12,18H,3-4,8H2,1-2H3,(H,16,19)(H,17,20). The minimum Gasteiger partial charge on any atom is -0.391 e. The van der Waals surface area contributed by atoms with Crippen molar-refractivity contribution in [2.45, 2.75) is 32.8 Å². The molecule has 0 radical (unpaired) electrons. The fourth-order valence-corrected chi connectivity index (χ4v) is 1.72. The highest BCUT2D eigenvalue weighted by atomic mass is 19.1. The molecule has 0 aliphatic heterocycles. The van der Waals surface area contributed by atoms with Crippen LogP contribution in [-0.4, -0.2) is 29.6 Å². The number of hydrogen-bond acceptors (Lipinski definition) is 3. The van der Waals surface area contributed by atoms with Crippen LogP contribution in [0.3, 0.4) is 0 Å². The zero-order chi connectivity index (χ0) is 15.1. The lowest BCUT2D eigenvalue weighted by Crippen LogP contribution is -2.39. The van der Waals surface area contributed by atoms with Gasteiger partial charge in [0.25, 0.3) is 0 Å². The predicted octanol–water partition coefficient (Wildman–Crippen LogP) is 1.35. The van der Waals surface area contributed by atoms with Gasteiger partial charge in [0, 0.05) is 12.2 Å². The maximum atomic E-state index is 13.1. The molecule has 6 heteroatoms. The van der Waals surface area contributed by atoms with E-state index in [4.69, 9.17) is 0 Å². The first-order chi connectivity index (χ1) is 9.42. The molecular formula is C14H19FN2O3. The predicted molar refractivity (Wildman–Crippen MR) is 73.7 cm³/mol. The van der Waals surface area contributed by atoms with Crippen LogP contribution in [-0.2, 0) is 9.59 Å². The van der Waals surface area contributed by atoms with Gasteiger partial charge in [-0.2, -0.15) is 0 Å². The van der Waals surface area contributed by atoms with Gasteiger partial charge >= 0.3 is 11.8 Å². The van der Waals surface area contributed by atoms with Crippen molar-refractivity contribution in [1.29, 1.82) is 0 Å². The Hall–Kier alpha value is -1.95. The number of amides is 2. The summed E-state index contributed by atoms with van der Waals surface area (Å²) in [6.45, 7) is 3.60. The Kier molecular flexibility index (Phi) is 6.11. The highest BCUT2D eigenvalue weighted by Gasteiger charge is 2.15. The zero-order valence-electron chi connectivity index (χ0n) is 11.6. The maximum Gasteiger partial charge on any atom is 0.313 e. The highest BCUT2D eigenvalue weighted by Crippen LogP contribution is 2.12. The number of nitrogens with one attached hydrogen (secondary N) is 2. The number of carbonyl (C=O) groups excluding carboxylic acids is 2. The molecule has 0 heterocycles. The van der Waals surface area contributed by atoms with Crippen molar-refractivity contribution in [1.82, 2.24) is 5.32 Å². The third-order valence-electron chi connectivity index (χ3n) is 2.63. The molecule has 2 amide bonds. The number of halogens is 1. The molecule has 0 saturated heterocycles. The number of carbonyl (C=O) groups is 2. The number of aliphatic hydroxyl groups is 1. The van der Waals surface area contributed by atoms with Crippen molar-refractivity contribution < 1.29 is 19.1 Å². The Labute approximate surface area is 117 Å². The summed E-state index contributed by atoms with van der Waals surface area (Å²) in [6, 6.07) is 4.00. The van der Waals surface area contributed by atoms with Crippen LogP contribution in [0.4, 0.5) is 10.1 Å². The van der Waals surface area contributed by atoms with E-state index in [2.05, 4.69) is 10.6 Å². The Morgan fingerprint density at radius 3 is 2.60 bits per heavy atom. The topological polar surface area (TPSA) is 78.4 Å². The molecular weight excluding hydrogens is 263 g/mol. The van der Waals surface area contributed by atoms with Gasteiger partial charge in [-0.15, -0.1) is 0 Å². The number of aliphatic hydroxyl groups excluding tert-OH is 1. The van der Waals surface area contributed by atoms with E-state index < -0.39 is 23.7 Å². The number of benzene rings is 1. The summed E-state index contributed by atoms with van der Waals surface area (Å²) < 4.78 is 13.1. The van der Waals surface area contributed by atoms with Gasteiger partial charge in [-0.05, 0) is 37.1 Å². The number of rotatable bonds is 5. The summed E-state index contributed by atoms with van der Waals surface area (Å²) in [5.41, 5.74) is 0.857. The van der Waals surface area contributed by atoms with Crippen LogP contribution < -0.4 is 10.6 Å². The first-order valence-corrected chi connectivity index (χ1v) is 6.46. The van der Waals surface area contributed by atoms with E-state index in [9.17, 15) is 19.1 Å². The van der Waals surface area contributed by atoms with Gasteiger partial charge in [0.05, 0.1) is 6.10 Å². The van der Waals surface area contributed by atoms with E-state index in [0.29, 0.717) is 12.0 Å². The van der Waals surface area contributed by atoms with Gasteiger partial charge in [-0.25, -0.2) is 4.39 Å². The molecule has 0 bridgehead atoms. The first-order valence-electron chi connectivity index (χ1n) is 6.46. The van der Waals surface area contributed by atoms with Crippen LogP contribution in [0.1, 0.15) is 25.3 Å². The summed E-state index contributed by atoms with van der Waals surface area (Å²) in [5.74, 6) is -2.24. The van der Waals surface area contributed by atoms with Crippen molar-refractivity contribution in [3.63, 3.8) is 0 Å². The van der Waals surface area contributed by atoms with E-state index in [1.165, 1.54) is 6.07 Å². The second kappa shape index (κ2) is 7.59. The van der Waals surface area contributed by atoms with Crippen LogP contribution >= 0.6 is 0 Å². The second-order valence-electron chi connectivity index (χ2n) is 4.62. The van der Waals surface area contributed by atoms with E-state index in [0.717, 1.165) is 12.5 Å². The molecule has 0 spiro atoms. The normalized spacial score (nSPS) is 11.8. The second-order valence-corrected chi connectivity index (χ2v) is 4.62. The van der Waals surface area contributed by atoms with Crippen molar-refractivity contribution in [2.75, 3.05) is 11.9 Å². The molecule has 1 rings (SSSR count). The number of aryl methyl sites for hydroxylation is 1. The lowest BCUT2D eigenvalue weighted by Gasteiger charge is -2.11. The largest absolute Gasteiger partial charge is 0.391 e. The zero-order valence-corrected chi connectivity index (χ0v) is 11.6. The van der Waals surface area contributed by atoms with Crippen LogP contribution in [0.15, 0.2) is 18.2 Å². The van der Waals surface area contributed by atoms with Crippen LogP contribution in [0.5, 0.6) is 0 Å². The van der Waals surface area contributed by atoms with Gasteiger partial charge in [-0.1, -0.05) is 13.3 Å². The van der Waals surface area contributed by atoms with Gasteiger partial charge in [-0.3, -0.25) is 9.59 Å². The third-order valence-corrected chi connectivity index (χ3v) is 2.63. The summed E-state index contributed by atoms with van der Waals surface area (Å²) in [6.07, 6.45) is 0.657. The van der Waals surface area contributed by atoms with Gasteiger partial charge in [0.1, 0.15) is 5.82 Å². The Morgan fingerprint density at radius 1 is 1.30 bits per heavy atom. The van der Waals surface area contributed by atoms with Gasteiger partial charge in [0.15, 0.2) is 0 Å². The van der Waals surface area contributed by atoms with E-state index in [1.54, 1.807) is 13.0 Å². The summed E-state index contributed by atoms with van der Waals surface area (Å²) >= 11 is 0. The fraction of sp³-hybridized carbons (Fsp3) is 0.429. The molecule has 1 aromatic rings. The fourth-order valence-electron chi connectivity index (χ4n) is 1.72. The molecule has 0 fully saturated rings. The average Bonchev–Trinajstić information content (AvgIpc) is 2.34. The van der Waals surface area contributed by atoms with Crippen LogP contribution in [0.2, 0.25) is 0 Å².